The second-order valence-corrected chi connectivity index (χ2v) is 7.09. The fourth-order valence-electron chi connectivity index (χ4n) is 2.79. The maximum atomic E-state index is 12.6. The largest absolute Gasteiger partial charge is 0.399 e. The summed E-state index contributed by atoms with van der Waals surface area (Å²) in [7, 11) is 0. The Hall–Kier alpha value is -3.45. The van der Waals surface area contributed by atoms with Gasteiger partial charge in [-0.2, -0.15) is 4.98 Å². The van der Waals surface area contributed by atoms with Gasteiger partial charge in [0.05, 0.1) is 18.3 Å². The van der Waals surface area contributed by atoms with Gasteiger partial charge in [-0.1, -0.05) is 50.2 Å². The predicted molar refractivity (Wildman–Crippen MR) is 116 cm³/mol. The Kier molecular flexibility index (Phi) is 6.41. The summed E-state index contributed by atoms with van der Waals surface area (Å²) in [6.07, 6.45) is 0. The minimum Gasteiger partial charge on any atom is -0.399 e. The lowest BCUT2D eigenvalue weighted by Gasteiger charge is -2.20. The maximum Gasteiger partial charge on any atom is 0.256 e. The third-order valence-electron chi connectivity index (χ3n) is 4.50. The number of aromatic nitrogens is 2. The molecule has 2 aromatic carbocycles. The number of hydrogen-bond donors (Lipinski definition) is 4. The molecule has 3 rings (SSSR count). The summed E-state index contributed by atoms with van der Waals surface area (Å²) in [4.78, 5) is 21.6. The van der Waals surface area contributed by atoms with Crippen molar-refractivity contribution in [2.24, 2.45) is 5.92 Å². The molecule has 3 aromatic rings. The van der Waals surface area contributed by atoms with Gasteiger partial charge in [-0.25, -0.2) is 4.98 Å². The minimum absolute atomic E-state index is 0.0540. The normalized spacial score (nSPS) is 11.9. The van der Waals surface area contributed by atoms with E-state index in [0.717, 1.165) is 5.56 Å². The summed E-state index contributed by atoms with van der Waals surface area (Å²) >= 11 is 0. The first kappa shape index (κ1) is 20.3. The fraction of sp³-hybridized carbons (Fsp3) is 0.227. The van der Waals surface area contributed by atoms with Crippen LogP contribution in [0, 0.1) is 5.92 Å². The van der Waals surface area contributed by atoms with Gasteiger partial charge in [-0.05, 0) is 24.1 Å². The topological polar surface area (TPSA) is 113 Å². The van der Waals surface area contributed by atoms with Crippen LogP contribution in [0.5, 0.6) is 0 Å². The molecule has 7 heteroatoms. The highest BCUT2D eigenvalue weighted by atomic mass is 16.3. The number of anilines is 3. The van der Waals surface area contributed by atoms with E-state index in [1.165, 1.54) is 0 Å². The molecule has 7 nitrogen and oxygen atoms in total. The van der Waals surface area contributed by atoms with Gasteiger partial charge in [0.2, 0.25) is 5.95 Å². The van der Waals surface area contributed by atoms with E-state index in [2.05, 4.69) is 20.6 Å². The van der Waals surface area contributed by atoms with E-state index in [-0.39, 0.29) is 24.5 Å². The molecule has 5 N–H and O–H groups in total. The smallest absolute Gasteiger partial charge is 0.256 e. The number of nitrogens with two attached hydrogens (primary N) is 1. The number of nitrogens with zero attached hydrogens (tertiary/aromatic N) is 2. The number of aliphatic hydroxyl groups is 1. The van der Waals surface area contributed by atoms with Crippen LogP contribution in [0.15, 0.2) is 60.7 Å². The third kappa shape index (κ3) is 5.30. The van der Waals surface area contributed by atoms with Crippen molar-refractivity contribution in [3.05, 3.63) is 66.2 Å². The Morgan fingerprint density at radius 3 is 2.48 bits per heavy atom. The van der Waals surface area contributed by atoms with Crippen LogP contribution in [0.25, 0.3) is 11.3 Å². The van der Waals surface area contributed by atoms with Crippen molar-refractivity contribution in [2.75, 3.05) is 23.0 Å². The number of nitrogens with one attached hydrogen (secondary N) is 2. The summed E-state index contributed by atoms with van der Waals surface area (Å²) in [6, 6.07) is 17.9. The highest BCUT2D eigenvalue weighted by Crippen LogP contribution is 2.23. The van der Waals surface area contributed by atoms with Crippen molar-refractivity contribution < 1.29 is 9.90 Å². The Morgan fingerprint density at radius 2 is 1.83 bits per heavy atom. The van der Waals surface area contributed by atoms with Gasteiger partial charge in [0.1, 0.15) is 5.82 Å². The van der Waals surface area contributed by atoms with Crippen LogP contribution in [-0.4, -0.2) is 33.6 Å². The molecular weight excluding hydrogens is 366 g/mol. The average molecular weight is 391 g/mol. The van der Waals surface area contributed by atoms with Gasteiger partial charge in [0.15, 0.2) is 0 Å². The van der Waals surface area contributed by atoms with Gasteiger partial charge >= 0.3 is 0 Å². The molecule has 0 saturated heterocycles. The lowest BCUT2D eigenvalue weighted by atomic mass is 10.1. The Balaban J connectivity index is 1.94. The van der Waals surface area contributed by atoms with Crippen LogP contribution in [0.1, 0.15) is 24.2 Å². The van der Waals surface area contributed by atoms with E-state index in [4.69, 9.17) is 5.73 Å². The second-order valence-electron chi connectivity index (χ2n) is 7.09. The van der Waals surface area contributed by atoms with Crippen molar-refractivity contribution in [3.8, 4) is 11.3 Å². The molecule has 1 atom stereocenters. The molecule has 1 heterocycles. The molecule has 0 bridgehead atoms. The number of rotatable bonds is 7. The molecule has 1 amide bonds. The van der Waals surface area contributed by atoms with Crippen molar-refractivity contribution in [2.45, 2.75) is 19.9 Å². The van der Waals surface area contributed by atoms with Crippen LogP contribution in [-0.2, 0) is 0 Å². The van der Waals surface area contributed by atoms with Crippen LogP contribution in [0.4, 0.5) is 17.5 Å². The molecule has 0 unspecified atom stereocenters. The van der Waals surface area contributed by atoms with E-state index in [1.54, 1.807) is 30.3 Å². The molecular formula is C22H25N5O2. The highest BCUT2D eigenvalue weighted by molar-refractivity contribution is 6.04. The summed E-state index contributed by atoms with van der Waals surface area (Å²) in [5, 5.41) is 15.6. The predicted octanol–water partition coefficient (Wildman–Crippen LogP) is 3.41. The highest BCUT2D eigenvalue weighted by Gasteiger charge is 2.16. The van der Waals surface area contributed by atoms with Gasteiger partial charge in [0.25, 0.3) is 5.91 Å². The molecule has 0 aliphatic heterocycles. The molecule has 150 valence electrons. The van der Waals surface area contributed by atoms with Crippen LogP contribution < -0.4 is 16.4 Å². The van der Waals surface area contributed by atoms with Crippen molar-refractivity contribution >= 4 is 23.4 Å². The fourth-order valence-corrected chi connectivity index (χ4v) is 2.79. The SMILES string of the molecule is CC(C)[C@H](CO)Nc1nc(NC(=O)c2cccc(N)c2)cc(-c2ccccc2)n1. The number of carbonyl (C=O) groups is 1. The zero-order valence-electron chi connectivity index (χ0n) is 16.5. The van der Waals surface area contributed by atoms with Gasteiger partial charge in [0, 0.05) is 22.9 Å². The monoisotopic (exact) mass is 391 g/mol. The first-order chi connectivity index (χ1) is 14.0. The molecule has 1 aromatic heterocycles. The minimum atomic E-state index is -0.316. The van der Waals surface area contributed by atoms with E-state index >= 15 is 0 Å². The summed E-state index contributed by atoms with van der Waals surface area (Å²) in [5.41, 5.74) is 8.27. The standard InChI is InChI=1S/C22H25N5O2/c1-14(2)19(13-28)25-22-24-18(15-7-4-3-5-8-15)12-20(27-22)26-21(29)16-9-6-10-17(23)11-16/h3-12,14,19,28H,13,23H2,1-2H3,(H2,24,25,26,27,29)/t19-/m0/s1. The maximum absolute atomic E-state index is 12.6. The van der Waals surface area contributed by atoms with E-state index < -0.39 is 0 Å². The van der Waals surface area contributed by atoms with Crippen molar-refractivity contribution in [1.82, 2.24) is 9.97 Å². The number of carbonyl (C=O) groups excluding carboxylic acids is 1. The zero-order valence-corrected chi connectivity index (χ0v) is 16.5. The van der Waals surface area contributed by atoms with Crippen molar-refractivity contribution in [1.29, 1.82) is 0 Å². The zero-order chi connectivity index (χ0) is 20.8. The summed E-state index contributed by atoms with van der Waals surface area (Å²) < 4.78 is 0. The number of hydrogen-bond acceptors (Lipinski definition) is 6. The van der Waals surface area contributed by atoms with Gasteiger partial charge in [-0.3, -0.25) is 4.79 Å². The number of benzene rings is 2. The van der Waals surface area contributed by atoms with E-state index in [1.807, 2.05) is 44.2 Å². The van der Waals surface area contributed by atoms with Crippen LogP contribution in [0.3, 0.4) is 0 Å². The second kappa shape index (κ2) is 9.16. The number of amides is 1. The van der Waals surface area contributed by atoms with Gasteiger partial charge < -0.3 is 21.5 Å². The summed E-state index contributed by atoms with van der Waals surface area (Å²) in [6.45, 7) is 3.94. The summed E-state index contributed by atoms with van der Waals surface area (Å²) in [5.74, 6) is 0.550. The Bertz CT molecular complexity index is 976. The first-order valence-corrected chi connectivity index (χ1v) is 9.45. The molecule has 29 heavy (non-hydrogen) atoms. The first-order valence-electron chi connectivity index (χ1n) is 9.45. The molecule has 0 fully saturated rings. The Labute approximate surface area is 170 Å². The van der Waals surface area contributed by atoms with Gasteiger partial charge in [-0.15, -0.1) is 0 Å². The van der Waals surface area contributed by atoms with Crippen LogP contribution >= 0.6 is 0 Å². The lowest BCUT2D eigenvalue weighted by molar-refractivity contribution is 0.102. The molecule has 0 saturated carbocycles. The van der Waals surface area contributed by atoms with Crippen LogP contribution in [0.2, 0.25) is 0 Å². The average Bonchev–Trinajstić information content (AvgIpc) is 2.72. The quantitative estimate of drug-likeness (QED) is 0.459. The Morgan fingerprint density at radius 1 is 1.07 bits per heavy atom. The third-order valence-corrected chi connectivity index (χ3v) is 4.50. The van der Waals surface area contributed by atoms with E-state index in [9.17, 15) is 9.90 Å². The van der Waals surface area contributed by atoms with Crippen molar-refractivity contribution in [3.63, 3.8) is 0 Å². The molecule has 0 aliphatic rings. The number of aliphatic hydroxyl groups excluding tert-OH is 1. The molecule has 0 spiro atoms. The molecule has 0 radical (unpaired) electrons. The number of nitrogen functional groups attached to an aromatic ring is 1. The van der Waals surface area contributed by atoms with E-state index in [0.29, 0.717) is 28.7 Å². The lowest BCUT2D eigenvalue weighted by Crippen LogP contribution is -2.30. The molecule has 0 aliphatic carbocycles.